The lowest BCUT2D eigenvalue weighted by Gasteiger charge is -2.45. The zero-order valence-electron chi connectivity index (χ0n) is 13.3. The van der Waals surface area contributed by atoms with Crippen molar-refractivity contribution >= 4 is 28.9 Å². The Hall–Kier alpha value is -2.32. The van der Waals surface area contributed by atoms with Gasteiger partial charge in [-0.2, -0.15) is 15.8 Å². The second-order valence-electron chi connectivity index (χ2n) is 6.40. The maximum Gasteiger partial charge on any atom is 0.189 e. The molecule has 0 aliphatic heterocycles. The summed E-state index contributed by atoms with van der Waals surface area (Å²) in [5.74, 6) is -1.49. The van der Waals surface area contributed by atoms with Crippen molar-refractivity contribution in [2.24, 2.45) is 17.3 Å². The largest absolute Gasteiger partial charge is 0.305 e. The summed E-state index contributed by atoms with van der Waals surface area (Å²) in [6, 6.07) is 11.3. The van der Waals surface area contributed by atoms with E-state index in [2.05, 4.69) is 18.2 Å². The minimum absolute atomic E-state index is 0.135. The zero-order chi connectivity index (χ0) is 18.2. The number of benzene rings is 1. The van der Waals surface area contributed by atoms with Gasteiger partial charge in [-0.25, -0.2) is 0 Å². The van der Waals surface area contributed by atoms with E-state index in [1.165, 1.54) is 0 Å². The molecule has 25 heavy (non-hydrogen) atoms. The second-order valence-corrected chi connectivity index (χ2v) is 7.21. The lowest BCUT2D eigenvalue weighted by Crippen LogP contribution is -2.48. The van der Waals surface area contributed by atoms with Gasteiger partial charge in [0.15, 0.2) is 5.41 Å². The Labute approximate surface area is 156 Å². The fourth-order valence-electron chi connectivity index (χ4n) is 4.09. The van der Waals surface area contributed by atoms with Gasteiger partial charge in [0.1, 0.15) is 5.92 Å². The van der Waals surface area contributed by atoms with Crippen molar-refractivity contribution in [2.45, 2.75) is 25.2 Å². The number of rotatable bonds is 1. The molecule has 1 aromatic carbocycles. The second kappa shape index (κ2) is 6.53. The van der Waals surface area contributed by atoms with Gasteiger partial charge in [-0.1, -0.05) is 35.3 Å². The van der Waals surface area contributed by atoms with Gasteiger partial charge < -0.3 is 5.41 Å². The van der Waals surface area contributed by atoms with Crippen molar-refractivity contribution in [2.75, 3.05) is 0 Å². The normalized spacial score (nSPS) is 27.2. The van der Waals surface area contributed by atoms with Crippen LogP contribution in [0.25, 0.3) is 0 Å². The number of hydrogen-bond acceptors (Lipinski definition) is 4. The first-order valence-electron chi connectivity index (χ1n) is 7.96. The average molecular weight is 369 g/mol. The summed E-state index contributed by atoms with van der Waals surface area (Å²) < 4.78 is 0. The van der Waals surface area contributed by atoms with E-state index < -0.39 is 17.3 Å². The Morgan fingerprint density at radius 3 is 2.44 bits per heavy atom. The Morgan fingerprint density at radius 1 is 1.12 bits per heavy atom. The molecule has 2 aliphatic rings. The summed E-state index contributed by atoms with van der Waals surface area (Å²) in [6.45, 7) is 0. The molecule has 124 valence electrons. The highest BCUT2D eigenvalue weighted by Crippen LogP contribution is 2.55. The van der Waals surface area contributed by atoms with E-state index >= 15 is 0 Å². The molecule has 3 rings (SSSR count). The molecule has 0 aromatic heterocycles. The van der Waals surface area contributed by atoms with E-state index in [0.717, 1.165) is 24.8 Å². The molecule has 0 amide bonds. The molecular weight excluding hydrogens is 355 g/mol. The summed E-state index contributed by atoms with van der Waals surface area (Å²) in [7, 11) is 0. The number of fused-ring (bicyclic) bond motifs is 1. The number of allylic oxidation sites excluding steroid dienone is 2. The van der Waals surface area contributed by atoms with Gasteiger partial charge >= 0.3 is 0 Å². The quantitative estimate of drug-likeness (QED) is 0.705. The van der Waals surface area contributed by atoms with Gasteiger partial charge in [0.25, 0.3) is 0 Å². The zero-order valence-corrected chi connectivity index (χ0v) is 14.8. The number of halogens is 2. The number of nitriles is 3. The van der Waals surface area contributed by atoms with Crippen LogP contribution in [0.2, 0.25) is 10.0 Å². The molecule has 3 atom stereocenters. The van der Waals surface area contributed by atoms with E-state index in [1.807, 2.05) is 6.08 Å². The van der Waals surface area contributed by atoms with Crippen LogP contribution in [0.1, 0.15) is 30.7 Å². The van der Waals surface area contributed by atoms with Gasteiger partial charge in [0.2, 0.25) is 0 Å². The van der Waals surface area contributed by atoms with Crippen LogP contribution in [-0.4, -0.2) is 5.71 Å². The average Bonchev–Trinajstić information content (AvgIpc) is 2.63. The van der Waals surface area contributed by atoms with Gasteiger partial charge in [-0.3, -0.25) is 0 Å². The molecule has 1 N–H and O–H groups in total. The molecule has 1 saturated carbocycles. The highest BCUT2D eigenvalue weighted by Gasteiger charge is 2.57. The van der Waals surface area contributed by atoms with Crippen molar-refractivity contribution in [3.05, 3.63) is 45.5 Å². The fourth-order valence-corrected chi connectivity index (χ4v) is 4.40. The molecule has 6 heteroatoms. The van der Waals surface area contributed by atoms with E-state index in [9.17, 15) is 15.8 Å². The molecule has 1 fully saturated rings. The number of hydrogen-bond donors (Lipinski definition) is 1. The van der Waals surface area contributed by atoms with Crippen LogP contribution < -0.4 is 0 Å². The molecule has 0 saturated heterocycles. The third-order valence-corrected chi connectivity index (χ3v) is 5.97. The van der Waals surface area contributed by atoms with Crippen LogP contribution in [0.15, 0.2) is 29.8 Å². The molecule has 0 radical (unpaired) electrons. The fraction of sp³-hybridized carbons (Fsp3) is 0.368. The lowest BCUT2D eigenvalue weighted by atomic mass is 9.53. The van der Waals surface area contributed by atoms with E-state index in [1.54, 1.807) is 18.2 Å². The van der Waals surface area contributed by atoms with Crippen molar-refractivity contribution < 1.29 is 0 Å². The van der Waals surface area contributed by atoms with Crippen LogP contribution in [0.3, 0.4) is 0 Å². The predicted octanol–water partition coefficient (Wildman–Crippen LogP) is 5.01. The molecular formula is C19H14Cl2N4. The Morgan fingerprint density at radius 2 is 1.84 bits per heavy atom. The highest BCUT2D eigenvalue weighted by atomic mass is 35.5. The lowest BCUT2D eigenvalue weighted by molar-refractivity contribution is 0.320. The molecule has 4 nitrogen and oxygen atoms in total. The summed E-state index contributed by atoms with van der Waals surface area (Å²) in [6.07, 6.45) is 4.54. The number of nitrogens with one attached hydrogen (secondary N) is 1. The monoisotopic (exact) mass is 368 g/mol. The highest BCUT2D eigenvalue weighted by molar-refractivity contribution is 6.42. The molecule has 2 aliphatic carbocycles. The first kappa shape index (κ1) is 17.5. The Balaban J connectivity index is 2.27. The third-order valence-electron chi connectivity index (χ3n) is 5.23. The van der Waals surface area contributed by atoms with Gasteiger partial charge in [-0.05, 0) is 48.4 Å². The van der Waals surface area contributed by atoms with Gasteiger partial charge in [0.05, 0.1) is 34.0 Å². The maximum absolute atomic E-state index is 9.87. The molecule has 1 aromatic rings. The first-order valence-corrected chi connectivity index (χ1v) is 8.71. The molecule has 0 unspecified atom stereocenters. The van der Waals surface area contributed by atoms with Crippen molar-refractivity contribution in [1.82, 2.24) is 0 Å². The summed E-state index contributed by atoms with van der Waals surface area (Å²) >= 11 is 12.2. The first-order chi connectivity index (χ1) is 12.0. The van der Waals surface area contributed by atoms with Crippen molar-refractivity contribution in [3.8, 4) is 18.2 Å². The van der Waals surface area contributed by atoms with E-state index in [-0.39, 0.29) is 11.6 Å². The van der Waals surface area contributed by atoms with Crippen LogP contribution >= 0.6 is 23.2 Å². The van der Waals surface area contributed by atoms with Crippen LogP contribution in [0.5, 0.6) is 0 Å². The minimum atomic E-state index is -1.68. The summed E-state index contributed by atoms with van der Waals surface area (Å²) in [4.78, 5) is 0. The Bertz CT molecular complexity index is 883. The van der Waals surface area contributed by atoms with Crippen molar-refractivity contribution in [3.63, 3.8) is 0 Å². The van der Waals surface area contributed by atoms with Gasteiger partial charge in [-0.15, -0.1) is 0 Å². The van der Waals surface area contributed by atoms with Gasteiger partial charge in [0, 0.05) is 5.92 Å². The number of nitrogens with zero attached hydrogens (tertiary/aromatic N) is 3. The van der Waals surface area contributed by atoms with Crippen LogP contribution in [-0.2, 0) is 0 Å². The predicted molar refractivity (Wildman–Crippen MR) is 95.1 cm³/mol. The molecule has 0 bridgehead atoms. The topological polar surface area (TPSA) is 95.2 Å². The minimum Gasteiger partial charge on any atom is -0.305 e. The van der Waals surface area contributed by atoms with Crippen molar-refractivity contribution in [1.29, 1.82) is 21.2 Å². The van der Waals surface area contributed by atoms with Crippen LogP contribution in [0, 0.1) is 56.7 Å². The van der Waals surface area contributed by atoms with E-state index in [0.29, 0.717) is 15.6 Å². The standard InChI is InChI=1S/C19H14Cl2N4/c20-15-6-5-11(7-16(15)21)17-13-4-2-1-3-12(13)14(8-22)18(25)19(17,9-23)10-24/h3,5-7,13-14,17,25H,1-2,4H2/t13-,14-,17-/m0/s1. The third kappa shape index (κ3) is 2.52. The summed E-state index contributed by atoms with van der Waals surface area (Å²) in [5, 5.41) is 38.5. The van der Waals surface area contributed by atoms with E-state index in [4.69, 9.17) is 28.6 Å². The molecule has 0 heterocycles. The maximum atomic E-state index is 9.87. The molecule has 0 spiro atoms. The Kier molecular flexibility index (Phi) is 4.57. The summed E-state index contributed by atoms with van der Waals surface area (Å²) in [5.41, 5.74) is -0.260. The smallest absolute Gasteiger partial charge is 0.189 e. The SMILES string of the molecule is N#C[C@@H]1C(=N)C(C#N)(C#N)[C@@H](c2ccc(Cl)c(Cl)c2)[C@H]2CCCC=C12. The van der Waals surface area contributed by atoms with Crippen LogP contribution in [0.4, 0.5) is 0 Å².